The first kappa shape index (κ1) is 21.3. The standard InChI is InChI=1S/C18H23FN4O5/c19-11-3-1-4-12(9-11)22-18(28)23-13-7-10(8-14(24)16(13)26)17(27)21-6-2-5-15(20)25/h1,3-4,7,9,13-14,16,24,26H,2,5-6,8H2,(H2,20,25)(H,21,27)(H2,22,23,28). The zero-order chi connectivity index (χ0) is 20.7. The second-order valence-corrected chi connectivity index (χ2v) is 6.41. The van der Waals surface area contributed by atoms with Crippen LogP contribution in [0.25, 0.3) is 0 Å². The van der Waals surface area contributed by atoms with Crippen molar-refractivity contribution in [3.05, 3.63) is 41.7 Å². The van der Waals surface area contributed by atoms with E-state index in [-0.39, 0.29) is 30.6 Å². The lowest BCUT2D eigenvalue weighted by Crippen LogP contribution is -2.52. The Morgan fingerprint density at radius 2 is 2.00 bits per heavy atom. The van der Waals surface area contributed by atoms with Crippen LogP contribution in [0.15, 0.2) is 35.9 Å². The van der Waals surface area contributed by atoms with Gasteiger partial charge in [-0.2, -0.15) is 0 Å². The summed E-state index contributed by atoms with van der Waals surface area (Å²) in [6, 6.07) is 3.48. The van der Waals surface area contributed by atoms with Crippen molar-refractivity contribution in [3.63, 3.8) is 0 Å². The highest BCUT2D eigenvalue weighted by Gasteiger charge is 2.33. The SMILES string of the molecule is NC(=O)CCCNC(=O)C1=CC(NC(=O)Nc2cccc(F)c2)C(O)C(O)C1. The maximum atomic E-state index is 13.2. The van der Waals surface area contributed by atoms with Crippen LogP contribution in [0.2, 0.25) is 0 Å². The average molecular weight is 394 g/mol. The van der Waals surface area contributed by atoms with Crippen molar-refractivity contribution in [2.24, 2.45) is 5.73 Å². The van der Waals surface area contributed by atoms with Crippen LogP contribution in [0.3, 0.4) is 0 Å². The molecule has 0 aromatic heterocycles. The Hall–Kier alpha value is -2.98. The largest absolute Gasteiger partial charge is 0.390 e. The van der Waals surface area contributed by atoms with Crippen LogP contribution in [-0.2, 0) is 9.59 Å². The molecule has 1 aromatic rings. The van der Waals surface area contributed by atoms with Gasteiger partial charge in [-0.15, -0.1) is 0 Å². The van der Waals surface area contributed by atoms with Gasteiger partial charge in [0.2, 0.25) is 11.8 Å². The van der Waals surface area contributed by atoms with E-state index in [1.165, 1.54) is 24.3 Å². The van der Waals surface area contributed by atoms with Gasteiger partial charge in [0.1, 0.15) is 11.9 Å². The summed E-state index contributed by atoms with van der Waals surface area (Å²) in [5.74, 6) is -1.48. The van der Waals surface area contributed by atoms with Crippen LogP contribution in [0.4, 0.5) is 14.9 Å². The molecular weight excluding hydrogens is 371 g/mol. The van der Waals surface area contributed by atoms with E-state index < -0.39 is 41.9 Å². The van der Waals surface area contributed by atoms with Crippen LogP contribution in [0, 0.1) is 5.82 Å². The van der Waals surface area contributed by atoms with Crippen LogP contribution in [-0.4, -0.2) is 52.9 Å². The molecular formula is C18H23FN4O5. The number of rotatable bonds is 7. The van der Waals surface area contributed by atoms with Gasteiger partial charge in [-0.3, -0.25) is 9.59 Å². The summed E-state index contributed by atoms with van der Waals surface area (Å²) in [6.07, 6.45) is -0.804. The van der Waals surface area contributed by atoms with Gasteiger partial charge in [-0.05, 0) is 24.6 Å². The van der Waals surface area contributed by atoms with Crippen molar-refractivity contribution >= 4 is 23.5 Å². The third-order valence-corrected chi connectivity index (χ3v) is 4.13. The molecule has 1 aliphatic carbocycles. The highest BCUT2D eigenvalue weighted by molar-refractivity contribution is 5.94. The minimum atomic E-state index is -1.32. The number of halogens is 1. The predicted octanol–water partition coefficient (Wildman–Crippen LogP) is -0.251. The summed E-state index contributed by atoms with van der Waals surface area (Å²) in [5, 5.41) is 27.5. The Morgan fingerprint density at radius 3 is 2.68 bits per heavy atom. The first-order valence-electron chi connectivity index (χ1n) is 8.72. The zero-order valence-corrected chi connectivity index (χ0v) is 15.0. The first-order chi connectivity index (χ1) is 13.3. The Labute approximate surface area is 160 Å². The number of nitrogens with two attached hydrogens (primary N) is 1. The zero-order valence-electron chi connectivity index (χ0n) is 15.0. The van der Waals surface area contributed by atoms with E-state index in [2.05, 4.69) is 16.0 Å². The molecule has 3 unspecified atom stereocenters. The van der Waals surface area contributed by atoms with Crippen molar-refractivity contribution in [1.29, 1.82) is 0 Å². The number of nitrogens with one attached hydrogen (secondary N) is 3. The van der Waals surface area contributed by atoms with Crippen molar-refractivity contribution in [2.75, 3.05) is 11.9 Å². The lowest BCUT2D eigenvalue weighted by atomic mass is 9.90. The number of carbonyl (C=O) groups is 3. The monoisotopic (exact) mass is 394 g/mol. The highest BCUT2D eigenvalue weighted by atomic mass is 19.1. The van der Waals surface area contributed by atoms with E-state index in [1.807, 2.05) is 0 Å². The normalized spacial score (nSPS) is 21.4. The van der Waals surface area contributed by atoms with Gasteiger partial charge in [0, 0.05) is 30.6 Å². The molecule has 7 N–H and O–H groups in total. The van der Waals surface area contributed by atoms with Gasteiger partial charge >= 0.3 is 6.03 Å². The number of hydrogen-bond acceptors (Lipinski definition) is 5. The van der Waals surface area contributed by atoms with Gasteiger partial charge in [-0.1, -0.05) is 12.1 Å². The lowest BCUT2D eigenvalue weighted by Gasteiger charge is -2.31. The quantitative estimate of drug-likeness (QED) is 0.352. The average Bonchev–Trinajstić information content (AvgIpc) is 2.62. The lowest BCUT2D eigenvalue weighted by molar-refractivity contribution is -0.120. The molecule has 0 spiro atoms. The second-order valence-electron chi connectivity index (χ2n) is 6.41. The number of benzene rings is 1. The second kappa shape index (κ2) is 9.81. The summed E-state index contributed by atoms with van der Waals surface area (Å²) < 4.78 is 13.2. The molecule has 0 radical (unpaired) electrons. The molecule has 4 amide bonds. The van der Waals surface area contributed by atoms with Crippen LogP contribution < -0.4 is 21.7 Å². The number of hydrogen-bond donors (Lipinski definition) is 6. The number of carbonyl (C=O) groups excluding carboxylic acids is 3. The topological polar surface area (TPSA) is 154 Å². The molecule has 0 aliphatic heterocycles. The van der Waals surface area contributed by atoms with Gasteiger partial charge in [-0.25, -0.2) is 9.18 Å². The molecule has 0 saturated carbocycles. The number of urea groups is 1. The van der Waals surface area contributed by atoms with E-state index in [0.717, 1.165) is 6.07 Å². The molecule has 1 aliphatic rings. The summed E-state index contributed by atoms with van der Waals surface area (Å²) in [4.78, 5) is 35.0. The highest BCUT2D eigenvalue weighted by Crippen LogP contribution is 2.20. The van der Waals surface area contributed by atoms with Gasteiger partial charge in [0.05, 0.1) is 12.1 Å². The Bertz CT molecular complexity index is 770. The third kappa shape index (κ3) is 6.32. The molecule has 2 rings (SSSR count). The number of aliphatic hydroxyl groups is 2. The Kier molecular flexibility index (Phi) is 7.47. The summed E-state index contributed by atoms with van der Waals surface area (Å²) in [6.45, 7) is 0.218. The van der Waals surface area contributed by atoms with Crippen molar-refractivity contribution in [2.45, 2.75) is 37.5 Å². The molecule has 0 bridgehead atoms. The Morgan fingerprint density at radius 1 is 1.25 bits per heavy atom. The fourth-order valence-electron chi connectivity index (χ4n) is 2.73. The van der Waals surface area contributed by atoms with E-state index in [4.69, 9.17) is 5.73 Å². The Balaban J connectivity index is 1.97. The van der Waals surface area contributed by atoms with Gasteiger partial charge < -0.3 is 31.9 Å². The molecule has 152 valence electrons. The van der Waals surface area contributed by atoms with E-state index in [1.54, 1.807) is 0 Å². The van der Waals surface area contributed by atoms with Crippen LogP contribution in [0.1, 0.15) is 19.3 Å². The van der Waals surface area contributed by atoms with Crippen molar-refractivity contribution in [3.8, 4) is 0 Å². The van der Waals surface area contributed by atoms with E-state index in [0.29, 0.717) is 6.42 Å². The van der Waals surface area contributed by atoms with Crippen LogP contribution >= 0.6 is 0 Å². The van der Waals surface area contributed by atoms with Crippen molar-refractivity contribution in [1.82, 2.24) is 10.6 Å². The first-order valence-corrected chi connectivity index (χ1v) is 8.72. The molecule has 3 atom stereocenters. The fraction of sp³-hybridized carbons (Fsp3) is 0.389. The summed E-state index contributed by atoms with van der Waals surface area (Å²) >= 11 is 0. The molecule has 0 heterocycles. The van der Waals surface area contributed by atoms with E-state index in [9.17, 15) is 29.0 Å². The third-order valence-electron chi connectivity index (χ3n) is 4.13. The number of amides is 4. The predicted molar refractivity (Wildman–Crippen MR) is 98.5 cm³/mol. The van der Waals surface area contributed by atoms with Crippen molar-refractivity contribution < 1.29 is 29.0 Å². The maximum Gasteiger partial charge on any atom is 0.319 e. The molecule has 0 fully saturated rings. The van der Waals surface area contributed by atoms with Gasteiger partial charge in [0.15, 0.2) is 0 Å². The molecule has 1 aromatic carbocycles. The minimum absolute atomic E-state index is 0.0908. The summed E-state index contributed by atoms with van der Waals surface area (Å²) in [5.41, 5.74) is 5.42. The molecule has 28 heavy (non-hydrogen) atoms. The number of anilines is 1. The number of primary amides is 1. The molecule has 10 heteroatoms. The fourth-order valence-corrected chi connectivity index (χ4v) is 2.73. The van der Waals surface area contributed by atoms with E-state index >= 15 is 0 Å². The number of aliphatic hydroxyl groups excluding tert-OH is 2. The minimum Gasteiger partial charge on any atom is -0.390 e. The molecule has 9 nitrogen and oxygen atoms in total. The molecule has 0 saturated heterocycles. The summed E-state index contributed by atoms with van der Waals surface area (Å²) in [7, 11) is 0. The maximum absolute atomic E-state index is 13.2. The van der Waals surface area contributed by atoms with Crippen LogP contribution in [0.5, 0.6) is 0 Å². The smallest absolute Gasteiger partial charge is 0.319 e. The van der Waals surface area contributed by atoms with Gasteiger partial charge in [0.25, 0.3) is 0 Å².